The standard InChI is InChI=1S/C20H16ClN3O3/c1-27-17-9-8-15(21)12-16(17)20(26)24-23-18(25)10-7-14-5-2-4-13-6-3-11-22-19(13)14/h2-12H,1H3,(H,23,25)(H,24,26)/b10-7+. The first-order valence-electron chi connectivity index (χ1n) is 8.04. The number of para-hydroxylation sites is 1. The van der Waals surface area contributed by atoms with Crippen LogP contribution in [0.15, 0.2) is 60.8 Å². The number of ether oxygens (including phenoxy) is 1. The molecule has 2 aromatic carbocycles. The fourth-order valence-electron chi connectivity index (χ4n) is 2.51. The second-order valence-electron chi connectivity index (χ2n) is 5.54. The lowest BCUT2D eigenvalue weighted by atomic mass is 10.1. The van der Waals surface area contributed by atoms with Gasteiger partial charge in [0, 0.05) is 28.2 Å². The molecule has 0 radical (unpaired) electrons. The Hall–Kier alpha value is -3.38. The van der Waals surface area contributed by atoms with Crippen molar-refractivity contribution >= 4 is 40.4 Å². The number of hydrogen-bond acceptors (Lipinski definition) is 4. The fraction of sp³-hybridized carbons (Fsp3) is 0.0500. The number of fused-ring (bicyclic) bond motifs is 1. The molecular formula is C20H16ClN3O3. The number of nitrogens with one attached hydrogen (secondary N) is 2. The average molecular weight is 382 g/mol. The van der Waals surface area contributed by atoms with Crippen LogP contribution in [0.25, 0.3) is 17.0 Å². The van der Waals surface area contributed by atoms with Gasteiger partial charge < -0.3 is 4.74 Å². The van der Waals surface area contributed by atoms with E-state index in [1.165, 1.54) is 19.3 Å². The first kappa shape index (κ1) is 18.4. The normalized spacial score (nSPS) is 10.7. The summed E-state index contributed by atoms with van der Waals surface area (Å²) in [6.07, 6.45) is 4.65. The second kappa shape index (κ2) is 8.33. The third-order valence-corrected chi connectivity index (χ3v) is 4.02. The molecule has 2 amide bonds. The van der Waals surface area contributed by atoms with Crippen LogP contribution in [0.1, 0.15) is 15.9 Å². The van der Waals surface area contributed by atoms with Gasteiger partial charge in [-0.2, -0.15) is 0 Å². The minimum atomic E-state index is -0.539. The van der Waals surface area contributed by atoms with Gasteiger partial charge in [0.25, 0.3) is 11.8 Å². The van der Waals surface area contributed by atoms with Crippen LogP contribution in [-0.2, 0) is 4.79 Å². The molecule has 0 saturated carbocycles. The molecule has 1 aromatic heterocycles. The number of carbonyl (C=O) groups is 2. The van der Waals surface area contributed by atoms with Crippen LogP contribution in [-0.4, -0.2) is 23.9 Å². The van der Waals surface area contributed by atoms with Gasteiger partial charge in [0.15, 0.2) is 0 Å². The van der Waals surface area contributed by atoms with Crippen molar-refractivity contribution < 1.29 is 14.3 Å². The van der Waals surface area contributed by atoms with E-state index in [0.29, 0.717) is 10.8 Å². The molecule has 27 heavy (non-hydrogen) atoms. The van der Waals surface area contributed by atoms with Crippen molar-refractivity contribution in [3.05, 3.63) is 77.0 Å². The van der Waals surface area contributed by atoms with E-state index in [4.69, 9.17) is 16.3 Å². The Morgan fingerprint density at radius 3 is 2.74 bits per heavy atom. The van der Waals surface area contributed by atoms with Gasteiger partial charge in [-0.25, -0.2) is 0 Å². The number of carbonyl (C=O) groups excluding carboxylic acids is 2. The number of methoxy groups -OCH3 is 1. The summed E-state index contributed by atoms with van der Waals surface area (Å²) in [6.45, 7) is 0. The molecule has 0 aliphatic carbocycles. The number of amides is 2. The molecule has 1 heterocycles. The summed E-state index contributed by atoms with van der Waals surface area (Å²) in [4.78, 5) is 28.6. The molecule has 0 spiro atoms. The van der Waals surface area contributed by atoms with Crippen molar-refractivity contribution in [3.63, 3.8) is 0 Å². The van der Waals surface area contributed by atoms with Crippen LogP contribution < -0.4 is 15.6 Å². The predicted molar refractivity (Wildman–Crippen MR) is 104 cm³/mol. The summed E-state index contributed by atoms with van der Waals surface area (Å²) in [5.74, 6) is -0.677. The second-order valence-corrected chi connectivity index (χ2v) is 5.98. The minimum Gasteiger partial charge on any atom is -0.496 e. The van der Waals surface area contributed by atoms with Crippen LogP contribution >= 0.6 is 11.6 Å². The Labute approximate surface area is 160 Å². The van der Waals surface area contributed by atoms with Gasteiger partial charge in [-0.15, -0.1) is 0 Å². The van der Waals surface area contributed by atoms with Crippen molar-refractivity contribution in [2.75, 3.05) is 7.11 Å². The summed E-state index contributed by atoms with van der Waals surface area (Å²) in [6, 6.07) is 14.1. The van der Waals surface area contributed by atoms with E-state index in [9.17, 15) is 9.59 Å². The number of hydrogen-bond donors (Lipinski definition) is 2. The summed E-state index contributed by atoms with van der Waals surface area (Å²) < 4.78 is 5.12. The van der Waals surface area contributed by atoms with E-state index in [1.807, 2.05) is 30.3 Å². The monoisotopic (exact) mass is 381 g/mol. The van der Waals surface area contributed by atoms with Gasteiger partial charge in [0.2, 0.25) is 0 Å². The average Bonchev–Trinajstić information content (AvgIpc) is 2.70. The zero-order valence-corrected chi connectivity index (χ0v) is 15.2. The number of benzene rings is 2. The summed E-state index contributed by atoms with van der Waals surface area (Å²) in [5.41, 5.74) is 6.46. The van der Waals surface area contributed by atoms with Gasteiger partial charge in [-0.05, 0) is 30.3 Å². The van der Waals surface area contributed by atoms with Gasteiger partial charge in [0.1, 0.15) is 5.75 Å². The topological polar surface area (TPSA) is 80.3 Å². The highest BCUT2D eigenvalue weighted by Gasteiger charge is 2.13. The molecule has 0 aliphatic heterocycles. The summed E-state index contributed by atoms with van der Waals surface area (Å²) in [5, 5.41) is 1.36. The van der Waals surface area contributed by atoms with Crippen molar-refractivity contribution in [2.24, 2.45) is 0 Å². The zero-order valence-electron chi connectivity index (χ0n) is 14.4. The molecule has 3 rings (SSSR count). The Morgan fingerprint density at radius 1 is 1.11 bits per heavy atom. The highest BCUT2D eigenvalue weighted by Crippen LogP contribution is 2.22. The zero-order chi connectivity index (χ0) is 19.2. The SMILES string of the molecule is COc1ccc(Cl)cc1C(=O)NNC(=O)/C=C/c1cccc2cccnc12. The molecule has 2 N–H and O–H groups in total. The molecule has 3 aromatic rings. The summed E-state index contributed by atoms with van der Waals surface area (Å²) in [7, 11) is 1.44. The highest BCUT2D eigenvalue weighted by atomic mass is 35.5. The Bertz CT molecular complexity index is 1030. The minimum absolute atomic E-state index is 0.215. The molecule has 6 nitrogen and oxygen atoms in total. The van der Waals surface area contributed by atoms with E-state index in [1.54, 1.807) is 24.4 Å². The lowest BCUT2D eigenvalue weighted by Crippen LogP contribution is -2.40. The van der Waals surface area contributed by atoms with E-state index in [2.05, 4.69) is 15.8 Å². The number of pyridine rings is 1. The Kier molecular flexibility index (Phi) is 5.68. The molecule has 0 aliphatic rings. The van der Waals surface area contributed by atoms with E-state index in [-0.39, 0.29) is 5.56 Å². The molecule has 0 saturated heterocycles. The third-order valence-electron chi connectivity index (χ3n) is 3.78. The van der Waals surface area contributed by atoms with Gasteiger partial charge in [-0.1, -0.05) is 35.9 Å². The number of nitrogens with zero attached hydrogens (tertiary/aromatic N) is 1. The Morgan fingerprint density at radius 2 is 1.93 bits per heavy atom. The van der Waals surface area contributed by atoms with Crippen LogP contribution in [0.2, 0.25) is 5.02 Å². The molecule has 7 heteroatoms. The van der Waals surface area contributed by atoms with Gasteiger partial charge in [-0.3, -0.25) is 25.4 Å². The molecule has 0 atom stereocenters. The number of halogens is 1. The smallest absolute Gasteiger partial charge is 0.273 e. The van der Waals surface area contributed by atoms with Gasteiger partial charge in [0.05, 0.1) is 18.2 Å². The largest absolute Gasteiger partial charge is 0.496 e. The van der Waals surface area contributed by atoms with Crippen LogP contribution in [0.5, 0.6) is 5.75 Å². The van der Waals surface area contributed by atoms with Crippen molar-refractivity contribution in [3.8, 4) is 5.75 Å². The maximum Gasteiger partial charge on any atom is 0.273 e. The van der Waals surface area contributed by atoms with E-state index < -0.39 is 11.8 Å². The lowest BCUT2D eigenvalue weighted by molar-refractivity contribution is -0.117. The van der Waals surface area contributed by atoms with Crippen molar-refractivity contribution in [2.45, 2.75) is 0 Å². The number of hydrazine groups is 1. The van der Waals surface area contributed by atoms with Crippen molar-refractivity contribution in [1.82, 2.24) is 15.8 Å². The number of aromatic nitrogens is 1. The van der Waals surface area contributed by atoms with Crippen molar-refractivity contribution in [1.29, 1.82) is 0 Å². The highest BCUT2D eigenvalue weighted by molar-refractivity contribution is 6.31. The van der Waals surface area contributed by atoms with Crippen LogP contribution in [0, 0.1) is 0 Å². The lowest BCUT2D eigenvalue weighted by Gasteiger charge is -2.09. The van der Waals surface area contributed by atoms with E-state index in [0.717, 1.165) is 16.5 Å². The Balaban J connectivity index is 1.67. The van der Waals surface area contributed by atoms with Gasteiger partial charge >= 0.3 is 0 Å². The molecule has 0 unspecified atom stereocenters. The molecule has 0 bridgehead atoms. The molecular weight excluding hydrogens is 366 g/mol. The quantitative estimate of drug-likeness (QED) is 0.536. The first-order valence-corrected chi connectivity index (χ1v) is 8.42. The van der Waals surface area contributed by atoms with Crippen LogP contribution in [0.3, 0.4) is 0 Å². The molecule has 136 valence electrons. The maximum atomic E-state index is 12.2. The van der Waals surface area contributed by atoms with E-state index >= 15 is 0 Å². The maximum absolute atomic E-state index is 12.2. The number of rotatable bonds is 4. The van der Waals surface area contributed by atoms with Crippen LogP contribution in [0.4, 0.5) is 0 Å². The first-order chi connectivity index (χ1) is 13.1. The predicted octanol–water partition coefficient (Wildman–Crippen LogP) is 3.37. The third kappa shape index (κ3) is 4.43. The molecule has 0 fully saturated rings. The summed E-state index contributed by atoms with van der Waals surface area (Å²) >= 11 is 5.91. The fourth-order valence-corrected chi connectivity index (χ4v) is 2.68.